The van der Waals surface area contributed by atoms with Gasteiger partial charge in [0.15, 0.2) is 0 Å². The van der Waals surface area contributed by atoms with Crippen molar-refractivity contribution in [1.29, 1.82) is 0 Å². The first kappa shape index (κ1) is 13.6. The number of carbonyl (C=O) groups excluding carboxylic acids is 1. The molecule has 0 radical (unpaired) electrons. The van der Waals surface area contributed by atoms with E-state index in [0.29, 0.717) is 13.1 Å². The maximum atomic E-state index is 11.8. The molecule has 21 heavy (non-hydrogen) atoms. The fraction of sp³-hybridized carbons (Fsp3) is 0.294. The van der Waals surface area contributed by atoms with Crippen LogP contribution in [0.4, 0.5) is 5.82 Å². The normalized spacial score (nSPS) is 14.5. The summed E-state index contributed by atoms with van der Waals surface area (Å²) in [5.74, 6) is 1.11. The number of allylic oxidation sites excluding steroid dienone is 2. The lowest BCUT2D eigenvalue weighted by Gasteiger charge is -2.11. The van der Waals surface area contributed by atoms with Gasteiger partial charge in [0.1, 0.15) is 5.82 Å². The summed E-state index contributed by atoms with van der Waals surface area (Å²) in [4.78, 5) is 16.4. The lowest BCUT2D eigenvalue weighted by Crippen LogP contribution is -2.33. The van der Waals surface area contributed by atoms with Gasteiger partial charge in [-0.3, -0.25) is 4.79 Å². The molecule has 3 rings (SSSR count). The number of hydrogen-bond donors (Lipinski definition) is 2. The SMILES string of the molecule is O=C(NCCNc1ccc2ccccc2n1)C1CC=CC1. The number of aromatic nitrogens is 1. The van der Waals surface area contributed by atoms with Crippen LogP contribution in [0.25, 0.3) is 10.9 Å². The van der Waals surface area contributed by atoms with Gasteiger partial charge in [-0.05, 0) is 31.0 Å². The highest BCUT2D eigenvalue weighted by atomic mass is 16.1. The highest BCUT2D eigenvalue weighted by Gasteiger charge is 2.18. The van der Waals surface area contributed by atoms with Crippen molar-refractivity contribution in [3.05, 3.63) is 48.6 Å². The minimum atomic E-state index is 0.129. The number of amides is 1. The first-order chi connectivity index (χ1) is 10.3. The van der Waals surface area contributed by atoms with E-state index in [0.717, 1.165) is 29.6 Å². The third-order valence-electron chi connectivity index (χ3n) is 3.71. The number of anilines is 1. The van der Waals surface area contributed by atoms with E-state index in [-0.39, 0.29) is 11.8 Å². The lowest BCUT2D eigenvalue weighted by atomic mass is 10.1. The molecule has 1 amide bonds. The maximum absolute atomic E-state index is 11.8. The summed E-state index contributed by atoms with van der Waals surface area (Å²) < 4.78 is 0. The molecule has 1 aliphatic rings. The predicted octanol–water partition coefficient (Wildman–Crippen LogP) is 2.73. The molecule has 0 spiro atoms. The molecule has 0 fully saturated rings. The highest BCUT2D eigenvalue weighted by molar-refractivity contribution is 5.80. The van der Waals surface area contributed by atoms with Crippen molar-refractivity contribution in [2.45, 2.75) is 12.8 Å². The molecule has 0 atom stereocenters. The van der Waals surface area contributed by atoms with E-state index in [1.807, 2.05) is 36.4 Å². The van der Waals surface area contributed by atoms with Gasteiger partial charge in [0.05, 0.1) is 5.52 Å². The van der Waals surface area contributed by atoms with Gasteiger partial charge < -0.3 is 10.6 Å². The van der Waals surface area contributed by atoms with Gasteiger partial charge in [0, 0.05) is 24.4 Å². The fourth-order valence-corrected chi connectivity index (χ4v) is 2.52. The summed E-state index contributed by atoms with van der Waals surface area (Å²) in [6.45, 7) is 1.29. The summed E-state index contributed by atoms with van der Waals surface area (Å²) in [7, 11) is 0. The Labute approximate surface area is 124 Å². The third-order valence-corrected chi connectivity index (χ3v) is 3.71. The largest absolute Gasteiger partial charge is 0.368 e. The minimum Gasteiger partial charge on any atom is -0.368 e. The number of benzene rings is 1. The smallest absolute Gasteiger partial charge is 0.223 e. The van der Waals surface area contributed by atoms with Gasteiger partial charge in [-0.2, -0.15) is 0 Å². The van der Waals surface area contributed by atoms with Crippen molar-refractivity contribution in [3.8, 4) is 0 Å². The van der Waals surface area contributed by atoms with Crippen molar-refractivity contribution in [2.24, 2.45) is 5.92 Å². The Bertz CT molecular complexity index is 658. The molecular weight excluding hydrogens is 262 g/mol. The molecule has 0 unspecified atom stereocenters. The number of nitrogens with zero attached hydrogens (tertiary/aromatic N) is 1. The highest BCUT2D eigenvalue weighted by Crippen LogP contribution is 2.17. The zero-order valence-corrected chi connectivity index (χ0v) is 11.9. The van der Waals surface area contributed by atoms with E-state index in [2.05, 4.69) is 27.8 Å². The Kier molecular flexibility index (Phi) is 4.15. The molecule has 0 bridgehead atoms. The van der Waals surface area contributed by atoms with Crippen LogP contribution in [-0.2, 0) is 4.79 Å². The summed E-state index contributed by atoms with van der Waals surface area (Å²) >= 11 is 0. The second-order valence-electron chi connectivity index (χ2n) is 5.25. The maximum Gasteiger partial charge on any atom is 0.223 e. The second kappa shape index (κ2) is 6.39. The van der Waals surface area contributed by atoms with E-state index in [9.17, 15) is 4.79 Å². The molecule has 2 aromatic rings. The van der Waals surface area contributed by atoms with Gasteiger partial charge in [-0.15, -0.1) is 0 Å². The van der Waals surface area contributed by atoms with E-state index in [1.54, 1.807) is 0 Å². The van der Waals surface area contributed by atoms with Crippen molar-refractivity contribution in [3.63, 3.8) is 0 Å². The standard InChI is InChI=1S/C17H19N3O/c21-17(14-6-1-2-7-14)19-12-11-18-16-10-9-13-5-3-4-8-15(13)20-16/h1-5,8-10,14H,6-7,11-12H2,(H,18,20)(H,19,21). The summed E-state index contributed by atoms with van der Waals surface area (Å²) in [6.07, 6.45) is 5.87. The van der Waals surface area contributed by atoms with Gasteiger partial charge in [0.25, 0.3) is 0 Å². The van der Waals surface area contributed by atoms with Gasteiger partial charge in [-0.25, -0.2) is 4.98 Å². The van der Waals surface area contributed by atoms with Crippen molar-refractivity contribution in [1.82, 2.24) is 10.3 Å². The quantitative estimate of drug-likeness (QED) is 0.654. The van der Waals surface area contributed by atoms with Crippen molar-refractivity contribution >= 4 is 22.6 Å². The van der Waals surface area contributed by atoms with Crippen LogP contribution in [-0.4, -0.2) is 24.0 Å². The molecule has 0 aliphatic heterocycles. The Balaban J connectivity index is 1.47. The average Bonchev–Trinajstić information content (AvgIpc) is 3.06. The van der Waals surface area contributed by atoms with E-state index in [1.165, 1.54) is 0 Å². The number of rotatable bonds is 5. The minimum absolute atomic E-state index is 0.129. The van der Waals surface area contributed by atoms with Gasteiger partial charge in [-0.1, -0.05) is 30.4 Å². The molecule has 4 nitrogen and oxygen atoms in total. The Morgan fingerprint density at radius 2 is 1.90 bits per heavy atom. The molecule has 1 aromatic carbocycles. The molecule has 2 N–H and O–H groups in total. The monoisotopic (exact) mass is 281 g/mol. The first-order valence-electron chi connectivity index (χ1n) is 7.35. The first-order valence-corrected chi connectivity index (χ1v) is 7.35. The number of nitrogens with one attached hydrogen (secondary N) is 2. The molecule has 0 saturated heterocycles. The van der Waals surface area contributed by atoms with Crippen LogP contribution in [0.2, 0.25) is 0 Å². The van der Waals surface area contributed by atoms with Crippen LogP contribution in [0.5, 0.6) is 0 Å². The molecule has 108 valence electrons. The molecule has 4 heteroatoms. The summed E-state index contributed by atoms with van der Waals surface area (Å²) in [5.41, 5.74) is 0.976. The topological polar surface area (TPSA) is 54.0 Å². The molecule has 0 saturated carbocycles. The van der Waals surface area contributed by atoms with Crippen LogP contribution in [0, 0.1) is 5.92 Å². The van der Waals surface area contributed by atoms with Crippen LogP contribution in [0.15, 0.2) is 48.6 Å². The molecule has 1 aliphatic carbocycles. The van der Waals surface area contributed by atoms with Gasteiger partial charge >= 0.3 is 0 Å². The Hall–Kier alpha value is -2.36. The third kappa shape index (κ3) is 3.40. The second-order valence-corrected chi connectivity index (χ2v) is 5.25. The Morgan fingerprint density at radius 3 is 2.76 bits per heavy atom. The summed E-state index contributed by atoms with van der Waals surface area (Å²) in [6, 6.07) is 12.0. The zero-order chi connectivity index (χ0) is 14.5. The summed E-state index contributed by atoms with van der Waals surface area (Å²) in [5, 5.41) is 7.33. The average molecular weight is 281 g/mol. The molecular formula is C17H19N3O. The number of para-hydroxylation sites is 1. The van der Waals surface area contributed by atoms with Crippen LogP contribution in [0.3, 0.4) is 0 Å². The van der Waals surface area contributed by atoms with Crippen LogP contribution < -0.4 is 10.6 Å². The number of hydrogen-bond acceptors (Lipinski definition) is 3. The van der Waals surface area contributed by atoms with E-state index >= 15 is 0 Å². The molecule has 1 heterocycles. The van der Waals surface area contributed by atoms with Crippen LogP contribution >= 0.6 is 0 Å². The number of carbonyl (C=O) groups is 1. The van der Waals surface area contributed by atoms with Crippen molar-refractivity contribution < 1.29 is 4.79 Å². The van der Waals surface area contributed by atoms with Crippen LogP contribution in [0.1, 0.15) is 12.8 Å². The van der Waals surface area contributed by atoms with Gasteiger partial charge in [0.2, 0.25) is 5.91 Å². The lowest BCUT2D eigenvalue weighted by molar-refractivity contribution is -0.124. The number of pyridine rings is 1. The van der Waals surface area contributed by atoms with Crippen molar-refractivity contribution in [2.75, 3.05) is 18.4 Å². The molecule has 1 aromatic heterocycles. The van der Waals surface area contributed by atoms with E-state index in [4.69, 9.17) is 0 Å². The fourth-order valence-electron chi connectivity index (χ4n) is 2.52. The zero-order valence-electron chi connectivity index (χ0n) is 11.9. The number of fused-ring (bicyclic) bond motifs is 1. The predicted molar refractivity (Wildman–Crippen MR) is 85.1 cm³/mol. The Morgan fingerprint density at radius 1 is 1.10 bits per heavy atom. The van der Waals surface area contributed by atoms with E-state index < -0.39 is 0 Å².